The van der Waals surface area contributed by atoms with Crippen LogP contribution in [0, 0.1) is 12.3 Å². The number of aryl methyl sites for hydroxylation is 1. The van der Waals surface area contributed by atoms with Crippen LogP contribution in [0.15, 0.2) is 5.38 Å². The average molecular weight is 276 g/mol. The zero-order valence-electron chi connectivity index (χ0n) is 10.8. The highest BCUT2D eigenvalue weighted by atomic mass is 35.5. The lowest BCUT2D eigenvalue weighted by molar-refractivity contribution is 0.202. The molecule has 0 amide bonds. The van der Waals surface area contributed by atoms with E-state index in [0.29, 0.717) is 5.41 Å². The number of hydrogen-bond donors (Lipinski definition) is 1. The van der Waals surface area contributed by atoms with Crippen LogP contribution in [0.3, 0.4) is 0 Å². The van der Waals surface area contributed by atoms with Crippen molar-refractivity contribution in [1.29, 1.82) is 0 Å². The second kappa shape index (κ2) is 6.14. The lowest BCUT2D eigenvalue weighted by atomic mass is 9.89. The Bertz CT molecular complexity index is 347. The van der Waals surface area contributed by atoms with Crippen LogP contribution in [0.1, 0.15) is 24.0 Å². The molecule has 1 N–H and O–H groups in total. The minimum Gasteiger partial charge on any atom is -0.316 e. The van der Waals surface area contributed by atoms with Crippen LogP contribution in [-0.2, 0) is 6.54 Å². The Morgan fingerprint density at radius 2 is 2.35 bits per heavy atom. The summed E-state index contributed by atoms with van der Waals surface area (Å²) < 4.78 is 0. The van der Waals surface area contributed by atoms with Gasteiger partial charge in [0.05, 0.1) is 10.7 Å². The summed E-state index contributed by atoms with van der Waals surface area (Å²) in [5.74, 6) is 0. The van der Waals surface area contributed by atoms with E-state index in [2.05, 4.69) is 41.5 Å². The number of nitrogens with one attached hydrogen (secondary N) is 1. The standard InChI is InChI=1S/C12H21N3S.ClH/c1-10-14-11(7-16-10)6-15(3)9-12(2)4-5-13-8-12;/h7,13H,4-6,8-9H2,1-3H3;1H. The molecule has 1 aliphatic rings. The molecule has 1 aromatic rings. The van der Waals surface area contributed by atoms with E-state index in [1.54, 1.807) is 11.3 Å². The van der Waals surface area contributed by atoms with Crippen molar-refractivity contribution >= 4 is 23.7 Å². The fourth-order valence-electron chi connectivity index (χ4n) is 2.47. The van der Waals surface area contributed by atoms with Crippen molar-refractivity contribution in [3.05, 3.63) is 16.1 Å². The van der Waals surface area contributed by atoms with Crippen molar-refractivity contribution in [3.63, 3.8) is 0 Å². The largest absolute Gasteiger partial charge is 0.316 e. The van der Waals surface area contributed by atoms with Crippen molar-refractivity contribution in [2.75, 3.05) is 26.7 Å². The number of hydrogen-bond acceptors (Lipinski definition) is 4. The number of nitrogens with zero attached hydrogens (tertiary/aromatic N) is 2. The van der Waals surface area contributed by atoms with Gasteiger partial charge < -0.3 is 5.32 Å². The molecular formula is C12H22ClN3S. The van der Waals surface area contributed by atoms with Gasteiger partial charge in [-0.2, -0.15) is 0 Å². The molecule has 2 rings (SSSR count). The molecule has 1 atom stereocenters. The maximum Gasteiger partial charge on any atom is 0.0897 e. The van der Waals surface area contributed by atoms with E-state index >= 15 is 0 Å². The average Bonchev–Trinajstić information content (AvgIpc) is 2.75. The molecule has 0 aliphatic carbocycles. The van der Waals surface area contributed by atoms with Gasteiger partial charge in [-0.05, 0) is 32.4 Å². The molecule has 3 nitrogen and oxygen atoms in total. The van der Waals surface area contributed by atoms with E-state index in [1.807, 2.05) is 0 Å². The van der Waals surface area contributed by atoms with Crippen molar-refractivity contribution in [2.24, 2.45) is 5.41 Å². The van der Waals surface area contributed by atoms with E-state index in [1.165, 1.54) is 18.7 Å². The van der Waals surface area contributed by atoms with Gasteiger partial charge in [-0.3, -0.25) is 4.90 Å². The Balaban J connectivity index is 0.00000144. The molecule has 0 spiro atoms. The molecule has 17 heavy (non-hydrogen) atoms. The van der Waals surface area contributed by atoms with Gasteiger partial charge in [0, 0.05) is 25.0 Å². The van der Waals surface area contributed by atoms with Gasteiger partial charge in [0.1, 0.15) is 0 Å². The van der Waals surface area contributed by atoms with Crippen molar-refractivity contribution in [1.82, 2.24) is 15.2 Å². The molecule has 98 valence electrons. The van der Waals surface area contributed by atoms with E-state index in [0.717, 1.165) is 24.6 Å². The van der Waals surface area contributed by atoms with E-state index < -0.39 is 0 Å². The molecule has 5 heteroatoms. The topological polar surface area (TPSA) is 28.2 Å². The lowest BCUT2D eigenvalue weighted by Crippen LogP contribution is -2.34. The van der Waals surface area contributed by atoms with Gasteiger partial charge in [0.2, 0.25) is 0 Å². The molecule has 0 bridgehead atoms. The zero-order valence-corrected chi connectivity index (χ0v) is 12.5. The second-order valence-electron chi connectivity index (χ2n) is 5.27. The van der Waals surface area contributed by atoms with Gasteiger partial charge >= 0.3 is 0 Å². The third-order valence-electron chi connectivity index (χ3n) is 3.21. The Labute approximate surface area is 114 Å². The van der Waals surface area contributed by atoms with E-state index in [-0.39, 0.29) is 12.4 Å². The van der Waals surface area contributed by atoms with Crippen LogP contribution in [0.5, 0.6) is 0 Å². The first-order chi connectivity index (χ1) is 7.57. The smallest absolute Gasteiger partial charge is 0.0897 e. The number of rotatable bonds is 4. The Kier molecular flexibility index (Phi) is 5.38. The molecule has 1 aliphatic heterocycles. The van der Waals surface area contributed by atoms with E-state index in [9.17, 15) is 0 Å². The summed E-state index contributed by atoms with van der Waals surface area (Å²) in [5.41, 5.74) is 1.65. The second-order valence-corrected chi connectivity index (χ2v) is 6.33. The maximum absolute atomic E-state index is 4.51. The van der Waals surface area contributed by atoms with Gasteiger partial charge in [-0.25, -0.2) is 4.98 Å². The van der Waals surface area contributed by atoms with Crippen LogP contribution in [0.2, 0.25) is 0 Å². The van der Waals surface area contributed by atoms with E-state index in [4.69, 9.17) is 0 Å². The Morgan fingerprint density at radius 1 is 1.59 bits per heavy atom. The third kappa shape index (κ3) is 4.21. The van der Waals surface area contributed by atoms with Gasteiger partial charge in [0.25, 0.3) is 0 Å². The summed E-state index contributed by atoms with van der Waals surface area (Å²) in [7, 11) is 2.19. The van der Waals surface area contributed by atoms with Gasteiger partial charge in [-0.1, -0.05) is 6.92 Å². The van der Waals surface area contributed by atoms with Crippen molar-refractivity contribution in [3.8, 4) is 0 Å². The highest BCUT2D eigenvalue weighted by Crippen LogP contribution is 2.25. The zero-order chi connectivity index (χ0) is 11.6. The summed E-state index contributed by atoms with van der Waals surface area (Å²) in [5, 5.41) is 6.78. The summed E-state index contributed by atoms with van der Waals surface area (Å²) in [4.78, 5) is 6.90. The molecule has 0 saturated carbocycles. The fourth-order valence-corrected chi connectivity index (χ4v) is 3.07. The number of halogens is 1. The summed E-state index contributed by atoms with van der Waals surface area (Å²) in [6.07, 6.45) is 1.29. The Hall–Kier alpha value is -0.160. The fraction of sp³-hybridized carbons (Fsp3) is 0.750. The van der Waals surface area contributed by atoms with Crippen LogP contribution >= 0.6 is 23.7 Å². The SMILES string of the molecule is Cc1nc(CN(C)CC2(C)CCNC2)cs1.Cl. The predicted molar refractivity (Wildman–Crippen MR) is 76.0 cm³/mol. The molecule has 1 aromatic heterocycles. The Morgan fingerprint density at radius 3 is 2.88 bits per heavy atom. The molecule has 2 heterocycles. The highest BCUT2D eigenvalue weighted by molar-refractivity contribution is 7.09. The number of aromatic nitrogens is 1. The first kappa shape index (κ1) is 14.9. The van der Waals surface area contributed by atoms with Crippen molar-refractivity contribution in [2.45, 2.75) is 26.8 Å². The minimum absolute atomic E-state index is 0. The molecular weight excluding hydrogens is 254 g/mol. The third-order valence-corrected chi connectivity index (χ3v) is 4.03. The predicted octanol–water partition coefficient (Wildman–Crippen LogP) is 2.30. The quantitative estimate of drug-likeness (QED) is 0.914. The van der Waals surface area contributed by atoms with Gasteiger partial charge in [-0.15, -0.1) is 23.7 Å². The van der Waals surface area contributed by atoms with Gasteiger partial charge in [0.15, 0.2) is 0 Å². The summed E-state index contributed by atoms with van der Waals surface area (Å²) in [6, 6.07) is 0. The molecule has 1 fully saturated rings. The molecule has 0 aromatic carbocycles. The van der Waals surface area contributed by atoms with Crippen molar-refractivity contribution < 1.29 is 0 Å². The number of thiazole rings is 1. The lowest BCUT2D eigenvalue weighted by Gasteiger charge is -2.28. The normalized spacial score (nSPS) is 24.0. The monoisotopic (exact) mass is 275 g/mol. The highest BCUT2D eigenvalue weighted by Gasteiger charge is 2.29. The molecule has 0 radical (unpaired) electrons. The first-order valence-corrected chi connectivity index (χ1v) is 6.76. The summed E-state index contributed by atoms with van der Waals surface area (Å²) >= 11 is 1.74. The molecule has 1 unspecified atom stereocenters. The van der Waals surface area contributed by atoms with Crippen LogP contribution in [0.25, 0.3) is 0 Å². The molecule has 1 saturated heterocycles. The van der Waals surface area contributed by atoms with Crippen LogP contribution in [0.4, 0.5) is 0 Å². The first-order valence-electron chi connectivity index (χ1n) is 5.88. The minimum atomic E-state index is 0. The van der Waals surface area contributed by atoms with Crippen LogP contribution < -0.4 is 5.32 Å². The summed E-state index contributed by atoms with van der Waals surface area (Å²) in [6.45, 7) is 8.87. The maximum atomic E-state index is 4.51. The van der Waals surface area contributed by atoms with Crippen LogP contribution in [-0.4, -0.2) is 36.6 Å².